The Labute approximate surface area is 171 Å². The summed E-state index contributed by atoms with van der Waals surface area (Å²) >= 11 is 6.22. The van der Waals surface area contributed by atoms with Crippen molar-refractivity contribution in [1.29, 1.82) is 0 Å². The predicted molar refractivity (Wildman–Crippen MR) is 115 cm³/mol. The molecule has 1 saturated carbocycles. The van der Waals surface area contributed by atoms with Gasteiger partial charge in [-0.2, -0.15) is 0 Å². The van der Waals surface area contributed by atoms with E-state index in [1.807, 2.05) is 59.6 Å². The Hall–Kier alpha value is -2.30. The normalized spacial score (nSPS) is 25.2. The van der Waals surface area contributed by atoms with Crippen molar-refractivity contribution >= 4 is 23.3 Å². The van der Waals surface area contributed by atoms with Gasteiger partial charge in [-0.15, -0.1) is 0 Å². The molecule has 0 aromatic heterocycles. The summed E-state index contributed by atoms with van der Waals surface area (Å²) in [5, 5.41) is 0.752. The van der Waals surface area contributed by atoms with Gasteiger partial charge in [-0.3, -0.25) is 4.90 Å². The zero-order valence-corrected chi connectivity index (χ0v) is 16.7. The van der Waals surface area contributed by atoms with E-state index in [9.17, 15) is 4.79 Å². The number of urea groups is 1. The fourth-order valence-corrected chi connectivity index (χ4v) is 4.72. The maximum Gasteiger partial charge on any atom is 0.329 e. The van der Waals surface area contributed by atoms with Gasteiger partial charge in [0.2, 0.25) is 0 Å². The molecule has 0 radical (unpaired) electrons. The van der Waals surface area contributed by atoms with Crippen molar-refractivity contribution in [3.63, 3.8) is 0 Å². The van der Waals surface area contributed by atoms with Gasteiger partial charge < -0.3 is 10.6 Å². The largest absolute Gasteiger partial charge is 0.330 e. The molecule has 4 nitrogen and oxygen atoms in total. The summed E-state index contributed by atoms with van der Waals surface area (Å²) in [5.41, 5.74) is 8.30. The molecule has 2 aliphatic rings. The van der Waals surface area contributed by atoms with Gasteiger partial charge >= 0.3 is 6.03 Å². The number of carbonyl (C=O) groups is 1. The Morgan fingerprint density at radius 1 is 1.07 bits per heavy atom. The van der Waals surface area contributed by atoms with Crippen molar-refractivity contribution in [2.75, 3.05) is 18.0 Å². The van der Waals surface area contributed by atoms with Crippen molar-refractivity contribution in [2.45, 2.75) is 37.1 Å². The number of para-hydroxylation sites is 1. The first kappa shape index (κ1) is 19.0. The SMILES string of the molecule is NCC1(c2cccc(Cl)c2)CCC(N2CC=CN(c3ccccc3)C2=O)CC1. The molecule has 2 N–H and O–H groups in total. The lowest BCUT2D eigenvalue weighted by atomic mass is 9.68. The monoisotopic (exact) mass is 395 g/mol. The van der Waals surface area contributed by atoms with Crippen molar-refractivity contribution in [1.82, 2.24) is 4.90 Å². The number of rotatable bonds is 4. The van der Waals surface area contributed by atoms with Gasteiger partial charge in [0.1, 0.15) is 0 Å². The van der Waals surface area contributed by atoms with Crippen LogP contribution in [0.3, 0.4) is 0 Å². The summed E-state index contributed by atoms with van der Waals surface area (Å²) in [4.78, 5) is 16.9. The number of benzene rings is 2. The van der Waals surface area contributed by atoms with E-state index in [4.69, 9.17) is 17.3 Å². The highest BCUT2D eigenvalue weighted by atomic mass is 35.5. The highest BCUT2D eigenvalue weighted by Gasteiger charge is 2.39. The highest BCUT2D eigenvalue weighted by molar-refractivity contribution is 6.30. The summed E-state index contributed by atoms with van der Waals surface area (Å²) in [6.07, 6.45) is 7.78. The van der Waals surface area contributed by atoms with Crippen LogP contribution in [0.5, 0.6) is 0 Å². The van der Waals surface area contributed by atoms with E-state index >= 15 is 0 Å². The van der Waals surface area contributed by atoms with Gasteiger partial charge in [0.05, 0.1) is 5.69 Å². The van der Waals surface area contributed by atoms with E-state index in [-0.39, 0.29) is 17.5 Å². The van der Waals surface area contributed by atoms with Gasteiger partial charge in [0.15, 0.2) is 0 Å². The molecule has 1 aliphatic heterocycles. The second-order valence-electron chi connectivity index (χ2n) is 7.75. The molecule has 2 aromatic rings. The number of amides is 2. The molecule has 2 aromatic carbocycles. The number of hydrogen-bond acceptors (Lipinski definition) is 2. The van der Waals surface area contributed by atoms with Crippen LogP contribution in [0.15, 0.2) is 66.9 Å². The first-order chi connectivity index (χ1) is 13.6. The molecule has 1 heterocycles. The standard InChI is InChI=1S/C23H26ClN3O/c24-19-7-4-6-18(16-19)23(17-25)12-10-21(11-13-23)27-15-5-14-26(22(27)28)20-8-2-1-3-9-20/h1-9,14,16,21H,10-13,15,17,25H2. The molecule has 0 unspecified atom stereocenters. The van der Waals surface area contributed by atoms with Gasteiger partial charge in [0.25, 0.3) is 0 Å². The van der Waals surface area contributed by atoms with Crippen molar-refractivity contribution in [3.8, 4) is 0 Å². The number of anilines is 1. The summed E-state index contributed by atoms with van der Waals surface area (Å²) in [6.45, 7) is 1.27. The Morgan fingerprint density at radius 3 is 2.50 bits per heavy atom. The van der Waals surface area contributed by atoms with Crippen LogP contribution < -0.4 is 10.6 Å². The Kier molecular flexibility index (Phi) is 5.42. The van der Waals surface area contributed by atoms with Crippen molar-refractivity contribution in [2.24, 2.45) is 5.73 Å². The molecule has 1 fully saturated rings. The molecular weight excluding hydrogens is 370 g/mol. The Balaban J connectivity index is 1.49. The maximum absolute atomic E-state index is 13.1. The number of nitrogens with two attached hydrogens (primary N) is 1. The molecule has 1 aliphatic carbocycles. The van der Waals surface area contributed by atoms with Crippen LogP contribution in [0, 0.1) is 0 Å². The average Bonchev–Trinajstić information content (AvgIpc) is 2.75. The second kappa shape index (κ2) is 7.98. The fourth-order valence-electron chi connectivity index (χ4n) is 4.53. The van der Waals surface area contributed by atoms with Crippen LogP contribution in [0.25, 0.3) is 0 Å². The van der Waals surface area contributed by atoms with Crippen LogP contribution in [0.2, 0.25) is 5.02 Å². The van der Waals surface area contributed by atoms with Gasteiger partial charge in [-0.05, 0) is 61.6 Å². The zero-order chi connectivity index (χ0) is 19.6. The second-order valence-corrected chi connectivity index (χ2v) is 8.19. The first-order valence-corrected chi connectivity index (χ1v) is 10.3. The summed E-state index contributed by atoms with van der Waals surface area (Å²) < 4.78 is 0. The minimum atomic E-state index is -0.0464. The Bertz CT molecular complexity index is 859. The molecule has 28 heavy (non-hydrogen) atoms. The van der Waals surface area contributed by atoms with Crippen LogP contribution in [-0.4, -0.2) is 30.1 Å². The number of hydrogen-bond donors (Lipinski definition) is 1. The third kappa shape index (κ3) is 3.54. The number of nitrogens with zero attached hydrogens (tertiary/aromatic N) is 2. The van der Waals surface area contributed by atoms with Crippen molar-refractivity contribution in [3.05, 3.63) is 77.5 Å². The van der Waals surface area contributed by atoms with Crippen LogP contribution >= 0.6 is 11.6 Å². The molecule has 146 valence electrons. The first-order valence-electron chi connectivity index (χ1n) is 9.91. The fraction of sp³-hybridized carbons (Fsp3) is 0.348. The zero-order valence-electron chi connectivity index (χ0n) is 15.9. The topological polar surface area (TPSA) is 49.6 Å². The third-order valence-electron chi connectivity index (χ3n) is 6.22. The molecule has 0 atom stereocenters. The lowest BCUT2D eigenvalue weighted by molar-refractivity contribution is 0.146. The van der Waals surface area contributed by atoms with Gasteiger partial charge in [0, 0.05) is 35.8 Å². The lowest BCUT2D eigenvalue weighted by Gasteiger charge is -2.45. The molecule has 0 spiro atoms. The minimum absolute atomic E-state index is 0.0464. The molecular formula is C23H26ClN3O. The van der Waals surface area contributed by atoms with E-state index in [0.29, 0.717) is 13.1 Å². The minimum Gasteiger partial charge on any atom is -0.330 e. The van der Waals surface area contributed by atoms with Gasteiger partial charge in [-0.1, -0.05) is 41.9 Å². The third-order valence-corrected chi connectivity index (χ3v) is 6.46. The van der Waals surface area contributed by atoms with E-state index in [1.54, 1.807) is 4.90 Å². The molecule has 0 saturated heterocycles. The highest BCUT2D eigenvalue weighted by Crippen LogP contribution is 2.41. The van der Waals surface area contributed by atoms with E-state index in [0.717, 1.165) is 36.4 Å². The van der Waals surface area contributed by atoms with Crippen LogP contribution in [0.4, 0.5) is 10.5 Å². The Morgan fingerprint density at radius 2 is 1.82 bits per heavy atom. The van der Waals surface area contributed by atoms with Crippen LogP contribution in [0.1, 0.15) is 31.2 Å². The van der Waals surface area contributed by atoms with E-state index in [2.05, 4.69) is 12.1 Å². The van der Waals surface area contributed by atoms with E-state index in [1.165, 1.54) is 5.56 Å². The molecule has 0 bridgehead atoms. The van der Waals surface area contributed by atoms with E-state index < -0.39 is 0 Å². The lowest BCUT2D eigenvalue weighted by Crippen LogP contribution is -2.52. The van der Waals surface area contributed by atoms with Crippen molar-refractivity contribution < 1.29 is 4.79 Å². The molecule has 5 heteroatoms. The van der Waals surface area contributed by atoms with Gasteiger partial charge in [-0.25, -0.2) is 4.79 Å². The summed E-state index contributed by atoms with van der Waals surface area (Å²) in [7, 11) is 0. The molecule has 2 amide bonds. The maximum atomic E-state index is 13.1. The molecule has 4 rings (SSSR count). The van der Waals surface area contributed by atoms with Crippen LogP contribution in [-0.2, 0) is 5.41 Å². The summed E-state index contributed by atoms with van der Waals surface area (Å²) in [5.74, 6) is 0. The smallest absolute Gasteiger partial charge is 0.329 e. The number of halogens is 1. The summed E-state index contributed by atoms with van der Waals surface area (Å²) in [6, 6.07) is 18.2. The number of carbonyl (C=O) groups excluding carboxylic acids is 1. The quantitative estimate of drug-likeness (QED) is 0.797. The average molecular weight is 396 g/mol. The predicted octanol–water partition coefficient (Wildman–Crippen LogP) is 4.94.